The Balaban J connectivity index is 1.47. The van der Waals surface area contributed by atoms with Crippen molar-refractivity contribution in [2.24, 2.45) is 0 Å². The Hall–Kier alpha value is -3.26. The van der Waals surface area contributed by atoms with Crippen LogP contribution in [0.3, 0.4) is 0 Å². The first-order chi connectivity index (χ1) is 14.1. The predicted octanol–water partition coefficient (Wildman–Crippen LogP) is 2.78. The molecule has 8 heteroatoms. The first-order valence-electron chi connectivity index (χ1n) is 9.49. The Kier molecular flexibility index (Phi) is 4.09. The van der Waals surface area contributed by atoms with Crippen LogP contribution in [0.1, 0.15) is 28.0 Å². The molecule has 1 unspecified atom stereocenters. The minimum absolute atomic E-state index is 0.389. The van der Waals surface area contributed by atoms with Gasteiger partial charge in [-0.15, -0.1) is 0 Å². The lowest BCUT2D eigenvalue weighted by atomic mass is 10.1. The summed E-state index contributed by atoms with van der Waals surface area (Å²) in [6.07, 6.45) is -0.599. The first kappa shape index (κ1) is 17.8. The second-order valence-corrected chi connectivity index (χ2v) is 7.32. The third-order valence-electron chi connectivity index (χ3n) is 5.53. The van der Waals surface area contributed by atoms with Gasteiger partial charge in [-0.1, -0.05) is 0 Å². The average Bonchev–Trinajstić information content (AvgIpc) is 3.23. The number of cyclic esters (lactones) is 1. The Labute approximate surface area is 168 Å². The van der Waals surface area contributed by atoms with Crippen LogP contribution in [-0.4, -0.2) is 48.2 Å². The highest BCUT2D eigenvalue weighted by molar-refractivity contribution is 5.98. The molecule has 0 aliphatic carbocycles. The molecule has 0 amide bonds. The molecule has 1 aromatic heterocycles. The van der Waals surface area contributed by atoms with Crippen molar-refractivity contribution in [3.8, 4) is 11.5 Å². The Bertz CT molecular complexity index is 1120. The zero-order chi connectivity index (χ0) is 20.1. The molecule has 1 atom stereocenters. The number of carbonyl (C=O) groups excluding carboxylic acids is 1. The van der Waals surface area contributed by atoms with E-state index < -0.39 is 12.2 Å². The summed E-state index contributed by atoms with van der Waals surface area (Å²) in [5.41, 5.74) is 4.00. The van der Waals surface area contributed by atoms with Crippen LogP contribution in [0.2, 0.25) is 0 Å². The van der Waals surface area contributed by atoms with Crippen molar-refractivity contribution in [2.75, 3.05) is 33.1 Å². The van der Waals surface area contributed by atoms with Crippen LogP contribution in [0.4, 0.5) is 5.69 Å². The van der Waals surface area contributed by atoms with Gasteiger partial charge in [0, 0.05) is 24.3 Å². The zero-order valence-electron chi connectivity index (χ0n) is 16.6. The van der Waals surface area contributed by atoms with Crippen LogP contribution in [0, 0.1) is 0 Å². The van der Waals surface area contributed by atoms with Crippen molar-refractivity contribution in [1.82, 2.24) is 14.5 Å². The molecular weight excluding hydrogens is 372 g/mol. The van der Waals surface area contributed by atoms with Gasteiger partial charge in [0.05, 0.1) is 31.8 Å². The number of imidazole rings is 1. The molecule has 0 saturated carbocycles. The van der Waals surface area contributed by atoms with Gasteiger partial charge in [-0.3, -0.25) is 4.90 Å². The SMILES string of the molecule is COc1ccc2c(c1OC)C(=O)OC2Nc1ccc2c(c1)nc1n2CCN(C)C1. The summed E-state index contributed by atoms with van der Waals surface area (Å²) in [4.78, 5) is 19.5. The van der Waals surface area contributed by atoms with E-state index in [-0.39, 0.29) is 0 Å². The molecule has 0 bridgehead atoms. The van der Waals surface area contributed by atoms with E-state index >= 15 is 0 Å². The minimum atomic E-state index is -0.599. The Morgan fingerprint density at radius 2 is 2.03 bits per heavy atom. The van der Waals surface area contributed by atoms with E-state index in [9.17, 15) is 4.79 Å². The van der Waals surface area contributed by atoms with Gasteiger partial charge in [0.2, 0.25) is 6.23 Å². The lowest BCUT2D eigenvalue weighted by molar-refractivity contribution is 0.0435. The third-order valence-corrected chi connectivity index (χ3v) is 5.53. The predicted molar refractivity (Wildman–Crippen MR) is 107 cm³/mol. The van der Waals surface area contributed by atoms with Gasteiger partial charge in [0.15, 0.2) is 11.5 Å². The number of hydrogen-bond acceptors (Lipinski definition) is 7. The molecule has 3 heterocycles. The number of ether oxygens (including phenoxy) is 3. The van der Waals surface area contributed by atoms with Gasteiger partial charge >= 0.3 is 5.97 Å². The fourth-order valence-corrected chi connectivity index (χ4v) is 4.09. The quantitative estimate of drug-likeness (QED) is 0.682. The van der Waals surface area contributed by atoms with E-state index in [4.69, 9.17) is 19.2 Å². The number of fused-ring (bicyclic) bond motifs is 4. The normalized spacial score (nSPS) is 18.3. The van der Waals surface area contributed by atoms with Gasteiger partial charge in [0.25, 0.3) is 0 Å². The monoisotopic (exact) mass is 394 g/mol. The number of anilines is 1. The number of hydrogen-bond donors (Lipinski definition) is 1. The summed E-state index contributed by atoms with van der Waals surface area (Å²) in [5, 5.41) is 3.30. The molecule has 29 heavy (non-hydrogen) atoms. The van der Waals surface area contributed by atoms with Crippen LogP contribution in [0.15, 0.2) is 30.3 Å². The van der Waals surface area contributed by atoms with Crippen molar-refractivity contribution in [3.63, 3.8) is 0 Å². The van der Waals surface area contributed by atoms with Crippen molar-refractivity contribution >= 4 is 22.7 Å². The number of methoxy groups -OCH3 is 2. The van der Waals surface area contributed by atoms with Crippen LogP contribution in [0.25, 0.3) is 11.0 Å². The number of rotatable bonds is 4. The second kappa shape index (κ2) is 6.66. The highest BCUT2D eigenvalue weighted by atomic mass is 16.6. The van der Waals surface area contributed by atoms with Gasteiger partial charge in [-0.25, -0.2) is 9.78 Å². The van der Waals surface area contributed by atoms with Crippen LogP contribution in [0.5, 0.6) is 11.5 Å². The van der Waals surface area contributed by atoms with Gasteiger partial charge < -0.3 is 24.1 Å². The Morgan fingerprint density at radius 3 is 2.83 bits per heavy atom. The lowest BCUT2D eigenvalue weighted by Crippen LogP contribution is -2.30. The van der Waals surface area contributed by atoms with Gasteiger partial charge in [-0.2, -0.15) is 0 Å². The number of nitrogens with one attached hydrogen (secondary N) is 1. The minimum Gasteiger partial charge on any atom is -0.493 e. The lowest BCUT2D eigenvalue weighted by Gasteiger charge is -2.23. The molecule has 0 saturated heterocycles. The fourth-order valence-electron chi connectivity index (χ4n) is 4.09. The van der Waals surface area contributed by atoms with Crippen molar-refractivity contribution in [1.29, 1.82) is 0 Å². The molecule has 3 aromatic rings. The zero-order valence-corrected chi connectivity index (χ0v) is 16.6. The van der Waals surface area contributed by atoms with Crippen molar-refractivity contribution in [2.45, 2.75) is 19.3 Å². The van der Waals surface area contributed by atoms with E-state index in [1.165, 1.54) is 14.2 Å². The van der Waals surface area contributed by atoms with Crippen molar-refractivity contribution < 1.29 is 19.0 Å². The molecule has 0 spiro atoms. The van der Waals surface area contributed by atoms with E-state index in [2.05, 4.69) is 27.9 Å². The van der Waals surface area contributed by atoms with Gasteiger partial charge in [-0.05, 0) is 37.4 Å². The number of nitrogens with zero attached hydrogens (tertiary/aromatic N) is 3. The smallest absolute Gasteiger partial charge is 0.344 e. The fraction of sp³-hybridized carbons (Fsp3) is 0.333. The number of esters is 1. The maximum Gasteiger partial charge on any atom is 0.344 e. The van der Waals surface area contributed by atoms with E-state index in [1.807, 2.05) is 18.2 Å². The number of benzene rings is 2. The van der Waals surface area contributed by atoms with Crippen LogP contribution in [-0.2, 0) is 17.8 Å². The summed E-state index contributed by atoms with van der Waals surface area (Å²) in [5.74, 6) is 1.52. The molecule has 0 fully saturated rings. The van der Waals surface area contributed by atoms with E-state index in [1.54, 1.807) is 6.07 Å². The molecule has 2 aliphatic rings. The Morgan fingerprint density at radius 1 is 1.17 bits per heavy atom. The molecule has 2 aliphatic heterocycles. The van der Waals surface area contributed by atoms with Crippen LogP contribution < -0.4 is 14.8 Å². The number of aromatic nitrogens is 2. The topological polar surface area (TPSA) is 77.9 Å². The molecule has 1 N–H and O–H groups in total. The highest BCUT2D eigenvalue weighted by Gasteiger charge is 2.36. The molecule has 2 aromatic carbocycles. The molecule has 8 nitrogen and oxygen atoms in total. The molecule has 150 valence electrons. The molecule has 0 radical (unpaired) electrons. The largest absolute Gasteiger partial charge is 0.493 e. The molecular formula is C21H22N4O4. The highest BCUT2D eigenvalue weighted by Crippen LogP contribution is 2.42. The van der Waals surface area contributed by atoms with E-state index in [0.717, 1.165) is 47.7 Å². The summed E-state index contributed by atoms with van der Waals surface area (Å²) < 4.78 is 18.5. The van der Waals surface area contributed by atoms with Gasteiger partial charge in [0.1, 0.15) is 11.4 Å². The summed E-state index contributed by atoms with van der Waals surface area (Å²) in [6, 6.07) is 9.64. The maximum atomic E-state index is 12.5. The summed E-state index contributed by atoms with van der Waals surface area (Å²) in [6.45, 7) is 2.79. The summed E-state index contributed by atoms with van der Waals surface area (Å²) in [7, 11) is 5.15. The molecule has 5 rings (SSSR count). The summed E-state index contributed by atoms with van der Waals surface area (Å²) >= 11 is 0. The number of likely N-dealkylation sites (N-methyl/N-ethyl adjacent to an activating group) is 1. The standard InChI is InChI=1S/C21H22N4O4/c1-24-8-9-25-15-6-4-12(10-14(15)23-17(25)11-24)22-20-13-5-7-16(27-2)19(28-3)18(13)21(26)29-20/h4-7,10,20,22H,8-9,11H2,1-3H3. The average molecular weight is 394 g/mol. The second-order valence-electron chi connectivity index (χ2n) is 7.32. The van der Waals surface area contributed by atoms with Crippen LogP contribution >= 0.6 is 0 Å². The third kappa shape index (κ3) is 2.79. The first-order valence-corrected chi connectivity index (χ1v) is 9.49. The van der Waals surface area contributed by atoms with E-state index in [0.29, 0.717) is 17.1 Å². The van der Waals surface area contributed by atoms with Crippen molar-refractivity contribution in [3.05, 3.63) is 47.3 Å². The maximum absolute atomic E-state index is 12.5. The number of carbonyl (C=O) groups is 1.